The summed E-state index contributed by atoms with van der Waals surface area (Å²) in [6.45, 7) is 0. The third kappa shape index (κ3) is 1.49. The van der Waals surface area contributed by atoms with Gasteiger partial charge < -0.3 is 4.98 Å². The lowest BCUT2D eigenvalue weighted by molar-refractivity contribution is 0.0996. The van der Waals surface area contributed by atoms with E-state index in [0.29, 0.717) is 0 Å². The molecule has 0 radical (unpaired) electrons. The van der Waals surface area contributed by atoms with Crippen LogP contribution in [0.1, 0.15) is 10.5 Å². The van der Waals surface area contributed by atoms with Gasteiger partial charge >= 0.3 is 0 Å². The molecule has 0 aliphatic rings. The normalized spacial score (nSPS) is 10.4. The highest BCUT2D eigenvalue weighted by Gasteiger charge is 2.09. The maximum Gasteiger partial charge on any atom is 0.267 e. The maximum atomic E-state index is 11.5. The molecule has 86 valence electrons. The minimum atomic E-state index is -0.676. The molecule has 18 heavy (non-hydrogen) atoms. The number of aromatic nitrogens is 2. The minimum absolute atomic E-state index is 0.144. The molecule has 0 bridgehead atoms. The molecule has 0 saturated carbocycles. The molecule has 2 heterocycles. The van der Waals surface area contributed by atoms with Gasteiger partial charge in [0.15, 0.2) is 0 Å². The van der Waals surface area contributed by atoms with Crippen LogP contribution in [-0.4, -0.2) is 15.9 Å². The van der Waals surface area contributed by atoms with Crippen LogP contribution >= 0.6 is 0 Å². The number of H-pyrrole nitrogens is 1. The highest BCUT2D eigenvalue weighted by Crippen LogP contribution is 2.25. The van der Waals surface area contributed by atoms with Gasteiger partial charge in [0, 0.05) is 21.2 Å². The van der Waals surface area contributed by atoms with E-state index in [1.807, 2.05) is 24.3 Å². The quantitative estimate of drug-likeness (QED) is 0.399. The number of hydrogen-bond acceptors (Lipinski definition) is 2. The van der Waals surface area contributed by atoms with Gasteiger partial charge in [-0.25, -0.2) is 0 Å². The molecule has 3 rings (SSSR count). The van der Waals surface area contributed by atoms with Crippen molar-refractivity contribution in [3.05, 3.63) is 52.7 Å². The van der Waals surface area contributed by atoms with E-state index in [1.165, 1.54) is 0 Å². The topological polar surface area (TPSA) is 94.5 Å². The zero-order valence-corrected chi connectivity index (χ0v) is 9.16. The Morgan fingerprint density at radius 3 is 2.94 bits per heavy atom. The molecule has 0 aliphatic heterocycles. The molecular weight excluding hydrogens is 230 g/mol. The van der Waals surface area contributed by atoms with E-state index in [4.69, 9.17) is 5.53 Å². The third-order valence-electron chi connectivity index (χ3n) is 2.75. The first-order chi connectivity index (χ1) is 8.79. The Labute approximate surface area is 101 Å². The van der Waals surface area contributed by atoms with Crippen molar-refractivity contribution in [1.29, 1.82) is 0 Å². The van der Waals surface area contributed by atoms with Gasteiger partial charge in [-0.05, 0) is 22.8 Å². The zero-order valence-electron chi connectivity index (χ0n) is 9.16. The number of para-hydroxylation sites is 1. The van der Waals surface area contributed by atoms with Crippen molar-refractivity contribution >= 4 is 27.7 Å². The van der Waals surface area contributed by atoms with Crippen molar-refractivity contribution in [2.75, 3.05) is 0 Å². The Bertz CT molecular complexity index is 814. The van der Waals surface area contributed by atoms with E-state index in [1.54, 1.807) is 12.3 Å². The largest absolute Gasteiger partial charge is 0.353 e. The molecule has 0 saturated heterocycles. The van der Waals surface area contributed by atoms with Crippen LogP contribution in [0.3, 0.4) is 0 Å². The average Bonchev–Trinajstić information content (AvgIpc) is 2.76. The fraction of sp³-hybridized carbons (Fsp3) is 0. The van der Waals surface area contributed by atoms with Crippen molar-refractivity contribution < 1.29 is 4.79 Å². The standard InChI is InChI=1S/C12H7N5O/c13-17-16-12(18)10-5-8-7-3-1-2-4-9(7)15-11(8)6-14-10/h1-6,15H. The zero-order chi connectivity index (χ0) is 12.5. The van der Waals surface area contributed by atoms with E-state index < -0.39 is 5.91 Å². The number of hydrogen-bond donors (Lipinski definition) is 1. The number of pyridine rings is 1. The fourth-order valence-corrected chi connectivity index (χ4v) is 1.96. The summed E-state index contributed by atoms with van der Waals surface area (Å²) in [4.78, 5) is 21.1. The van der Waals surface area contributed by atoms with Crippen LogP contribution < -0.4 is 0 Å². The van der Waals surface area contributed by atoms with Gasteiger partial charge in [-0.2, -0.15) is 0 Å². The summed E-state index contributed by atoms with van der Waals surface area (Å²) < 4.78 is 0. The number of fused-ring (bicyclic) bond motifs is 3. The van der Waals surface area contributed by atoms with Crippen LogP contribution in [0, 0.1) is 0 Å². The molecule has 0 atom stereocenters. The van der Waals surface area contributed by atoms with Gasteiger partial charge in [0.1, 0.15) is 5.69 Å². The average molecular weight is 237 g/mol. The van der Waals surface area contributed by atoms with Crippen molar-refractivity contribution in [3.8, 4) is 0 Å². The third-order valence-corrected chi connectivity index (χ3v) is 2.75. The Hall–Kier alpha value is -2.85. The van der Waals surface area contributed by atoms with E-state index in [2.05, 4.69) is 20.0 Å². The first kappa shape index (κ1) is 10.3. The van der Waals surface area contributed by atoms with Crippen LogP contribution in [0.25, 0.3) is 32.2 Å². The molecule has 6 heteroatoms. The van der Waals surface area contributed by atoms with E-state index >= 15 is 0 Å². The van der Waals surface area contributed by atoms with Crippen LogP contribution in [0.4, 0.5) is 0 Å². The predicted octanol–water partition coefficient (Wildman–Crippen LogP) is 3.17. The Kier molecular flexibility index (Phi) is 2.22. The van der Waals surface area contributed by atoms with Crippen molar-refractivity contribution in [3.63, 3.8) is 0 Å². The van der Waals surface area contributed by atoms with E-state index in [9.17, 15) is 4.79 Å². The SMILES string of the molecule is [N-]=[N+]=NC(=O)c1cc2c(cn1)[nH]c1ccccc12. The summed E-state index contributed by atoms with van der Waals surface area (Å²) in [7, 11) is 0. The molecule has 6 nitrogen and oxygen atoms in total. The number of azide groups is 1. The maximum absolute atomic E-state index is 11.5. The van der Waals surface area contributed by atoms with Crippen molar-refractivity contribution in [2.24, 2.45) is 5.11 Å². The predicted molar refractivity (Wildman–Crippen MR) is 67.1 cm³/mol. The lowest BCUT2D eigenvalue weighted by atomic mass is 10.1. The Morgan fingerprint density at radius 2 is 2.11 bits per heavy atom. The molecule has 3 aromatic rings. The van der Waals surface area contributed by atoms with Gasteiger partial charge in [-0.3, -0.25) is 9.78 Å². The second-order valence-electron chi connectivity index (χ2n) is 3.78. The minimum Gasteiger partial charge on any atom is -0.353 e. The molecule has 1 N–H and O–H groups in total. The van der Waals surface area contributed by atoms with E-state index in [-0.39, 0.29) is 5.69 Å². The number of benzene rings is 1. The second kappa shape index (κ2) is 3.87. The van der Waals surface area contributed by atoms with E-state index in [0.717, 1.165) is 21.8 Å². The molecule has 2 aromatic heterocycles. The molecule has 0 aliphatic carbocycles. The highest BCUT2D eigenvalue weighted by atomic mass is 16.1. The summed E-state index contributed by atoms with van der Waals surface area (Å²) >= 11 is 0. The Balaban J connectivity index is 2.30. The molecule has 1 amide bonds. The second-order valence-corrected chi connectivity index (χ2v) is 3.78. The lowest BCUT2D eigenvalue weighted by Gasteiger charge is -1.94. The van der Waals surface area contributed by atoms with Crippen LogP contribution in [-0.2, 0) is 0 Å². The number of carbonyl (C=O) groups excluding carboxylic acids is 1. The van der Waals surface area contributed by atoms with Crippen LogP contribution in [0.5, 0.6) is 0 Å². The smallest absolute Gasteiger partial charge is 0.267 e. The molecule has 0 fully saturated rings. The number of carbonyl (C=O) groups is 1. The number of amides is 1. The van der Waals surface area contributed by atoms with Gasteiger partial charge in [0.05, 0.1) is 11.7 Å². The number of aromatic amines is 1. The van der Waals surface area contributed by atoms with Gasteiger partial charge in [0.2, 0.25) is 0 Å². The van der Waals surface area contributed by atoms with Crippen molar-refractivity contribution in [2.45, 2.75) is 0 Å². The first-order valence-electron chi connectivity index (χ1n) is 5.25. The summed E-state index contributed by atoms with van der Waals surface area (Å²) in [5.74, 6) is -0.676. The molecule has 0 unspecified atom stereocenters. The summed E-state index contributed by atoms with van der Waals surface area (Å²) in [6.07, 6.45) is 1.56. The van der Waals surface area contributed by atoms with Crippen LogP contribution in [0.15, 0.2) is 41.6 Å². The summed E-state index contributed by atoms with van der Waals surface area (Å²) in [6, 6.07) is 9.38. The number of nitrogens with one attached hydrogen (secondary N) is 1. The van der Waals surface area contributed by atoms with Gasteiger partial charge in [-0.15, -0.1) is 0 Å². The first-order valence-corrected chi connectivity index (χ1v) is 5.25. The monoisotopic (exact) mass is 237 g/mol. The molecular formula is C12H7N5O. The van der Waals surface area contributed by atoms with Gasteiger partial charge in [0.25, 0.3) is 5.91 Å². The summed E-state index contributed by atoms with van der Waals surface area (Å²) in [5.41, 5.74) is 10.2. The van der Waals surface area contributed by atoms with Gasteiger partial charge in [-0.1, -0.05) is 18.2 Å². The molecule has 1 aromatic carbocycles. The highest BCUT2D eigenvalue weighted by molar-refractivity contribution is 6.09. The molecule has 0 spiro atoms. The lowest BCUT2D eigenvalue weighted by Crippen LogP contribution is -1.96. The number of rotatable bonds is 1. The summed E-state index contributed by atoms with van der Waals surface area (Å²) in [5, 5.41) is 4.93. The Morgan fingerprint density at radius 1 is 1.28 bits per heavy atom. The van der Waals surface area contributed by atoms with Crippen LogP contribution in [0.2, 0.25) is 0 Å². The number of nitrogens with zero attached hydrogens (tertiary/aromatic N) is 4. The van der Waals surface area contributed by atoms with Crippen molar-refractivity contribution in [1.82, 2.24) is 9.97 Å². The fourth-order valence-electron chi connectivity index (χ4n) is 1.96.